The fraction of sp³-hybridized carbons (Fsp3) is 0.611. The van der Waals surface area contributed by atoms with E-state index in [0.717, 1.165) is 49.4 Å². The SMILES string of the molecule is CN=C(NCCCOc1ccc(OC)cc1)N1CCC(C)CC1.I. The number of hydrogen-bond acceptors (Lipinski definition) is 3. The Labute approximate surface area is 162 Å². The fourth-order valence-corrected chi connectivity index (χ4v) is 2.69. The Kier molecular flexibility index (Phi) is 9.90. The lowest BCUT2D eigenvalue weighted by molar-refractivity contribution is 0.271. The van der Waals surface area contributed by atoms with Crippen molar-refractivity contribution in [3.63, 3.8) is 0 Å². The first-order chi connectivity index (χ1) is 11.2. The molecular weight excluding hydrogens is 417 g/mol. The summed E-state index contributed by atoms with van der Waals surface area (Å²) >= 11 is 0. The lowest BCUT2D eigenvalue weighted by Gasteiger charge is -2.32. The van der Waals surface area contributed by atoms with Crippen LogP contribution in [0.4, 0.5) is 0 Å². The highest BCUT2D eigenvalue weighted by molar-refractivity contribution is 14.0. The number of nitrogens with zero attached hydrogens (tertiary/aromatic N) is 2. The van der Waals surface area contributed by atoms with Crippen LogP contribution in [-0.4, -0.2) is 51.3 Å². The normalized spacial score (nSPS) is 15.6. The van der Waals surface area contributed by atoms with Crippen LogP contribution >= 0.6 is 24.0 Å². The highest BCUT2D eigenvalue weighted by Gasteiger charge is 2.18. The van der Waals surface area contributed by atoms with Crippen molar-refractivity contribution in [2.75, 3.05) is 40.4 Å². The van der Waals surface area contributed by atoms with Crippen LogP contribution in [0.5, 0.6) is 11.5 Å². The monoisotopic (exact) mass is 447 g/mol. The van der Waals surface area contributed by atoms with Crippen LogP contribution in [0, 0.1) is 5.92 Å². The van der Waals surface area contributed by atoms with Gasteiger partial charge in [-0.25, -0.2) is 0 Å². The predicted octanol–water partition coefficient (Wildman–Crippen LogP) is 3.39. The van der Waals surface area contributed by atoms with Gasteiger partial charge in [-0.1, -0.05) is 6.92 Å². The summed E-state index contributed by atoms with van der Waals surface area (Å²) in [4.78, 5) is 6.74. The third-order valence-corrected chi connectivity index (χ3v) is 4.23. The minimum absolute atomic E-state index is 0. The summed E-state index contributed by atoms with van der Waals surface area (Å²) in [7, 11) is 3.52. The molecule has 0 radical (unpaired) electrons. The molecule has 1 heterocycles. The minimum Gasteiger partial charge on any atom is -0.497 e. The fourth-order valence-electron chi connectivity index (χ4n) is 2.69. The zero-order chi connectivity index (χ0) is 16.5. The first kappa shape index (κ1) is 20.9. The van der Waals surface area contributed by atoms with Gasteiger partial charge in [0.1, 0.15) is 11.5 Å². The molecule has 1 aliphatic heterocycles. The molecule has 0 aliphatic carbocycles. The number of hydrogen-bond donors (Lipinski definition) is 1. The number of nitrogens with one attached hydrogen (secondary N) is 1. The van der Waals surface area contributed by atoms with Gasteiger partial charge in [0.15, 0.2) is 5.96 Å². The number of benzene rings is 1. The average molecular weight is 447 g/mol. The van der Waals surface area contributed by atoms with Crippen molar-refractivity contribution >= 4 is 29.9 Å². The Morgan fingerprint density at radius 1 is 1.21 bits per heavy atom. The quantitative estimate of drug-likeness (QED) is 0.314. The van der Waals surface area contributed by atoms with Gasteiger partial charge in [-0.15, -0.1) is 24.0 Å². The van der Waals surface area contributed by atoms with Crippen LogP contribution in [0.2, 0.25) is 0 Å². The van der Waals surface area contributed by atoms with Crippen LogP contribution in [0.3, 0.4) is 0 Å². The van der Waals surface area contributed by atoms with Crippen molar-refractivity contribution < 1.29 is 9.47 Å². The molecule has 5 nitrogen and oxygen atoms in total. The Hall–Kier alpha value is -1.18. The third-order valence-electron chi connectivity index (χ3n) is 4.23. The van der Waals surface area contributed by atoms with Gasteiger partial charge in [0.05, 0.1) is 13.7 Å². The third kappa shape index (κ3) is 6.75. The standard InChI is InChI=1S/C18H29N3O2.HI/c1-15-9-12-21(13-10-15)18(19-2)20-11-4-14-23-17-7-5-16(22-3)6-8-17;/h5-8,15H,4,9-14H2,1-3H3,(H,19,20);1H. The summed E-state index contributed by atoms with van der Waals surface area (Å²) in [5.74, 6) is 3.57. The number of piperidine rings is 1. The number of guanidine groups is 1. The molecule has 6 heteroatoms. The molecule has 1 aromatic rings. The second-order valence-electron chi connectivity index (χ2n) is 6.02. The summed E-state index contributed by atoms with van der Waals surface area (Å²) in [6, 6.07) is 7.68. The molecule has 0 unspecified atom stereocenters. The minimum atomic E-state index is 0. The molecule has 136 valence electrons. The molecular formula is C18H30IN3O2. The summed E-state index contributed by atoms with van der Waals surface area (Å²) in [6.45, 7) is 6.08. The zero-order valence-corrected chi connectivity index (χ0v) is 17.3. The molecule has 0 atom stereocenters. The number of ether oxygens (including phenoxy) is 2. The summed E-state index contributed by atoms with van der Waals surface area (Å²) in [6.07, 6.45) is 3.44. The van der Waals surface area contributed by atoms with E-state index >= 15 is 0 Å². The summed E-state index contributed by atoms with van der Waals surface area (Å²) in [5.41, 5.74) is 0. The highest BCUT2D eigenvalue weighted by Crippen LogP contribution is 2.17. The maximum atomic E-state index is 5.73. The van der Waals surface area contributed by atoms with Gasteiger partial charge in [-0.2, -0.15) is 0 Å². The second-order valence-corrected chi connectivity index (χ2v) is 6.02. The smallest absolute Gasteiger partial charge is 0.193 e. The van der Waals surface area contributed by atoms with Gasteiger partial charge in [-0.05, 0) is 49.4 Å². The number of aliphatic imine (C=N–C) groups is 1. The lowest BCUT2D eigenvalue weighted by Crippen LogP contribution is -2.45. The first-order valence-corrected chi connectivity index (χ1v) is 8.45. The van der Waals surface area contributed by atoms with Crippen LogP contribution in [0.15, 0.2) is 29.3 Å². The van der Waals surface area contributed by atoms with Gasteiger partial charge in [0.25, 0.3) is 0 Å². The Bertz CT molecular complexity index is 486. The van der Waals surface area contributed by atoms with Crippen molar-refractivity contribution in [1.82, 2.24) is 10.2 Å². The van der Waals surface area contributed by atoms with Crippen molar-refractivity contribution in [1.29, 1.82) is 0 Å². The van der Waals surface area contributed by atoms with Crippen molar-refractivity contribution in [3.8, 4) is 11.5 Å². The largest absolute Gasteiger partial charge is 0.497 e. The number of methoxy groups -OCH3 is 1. The van der Waals surface area contributed by atoms with Gasteiger partial charge >= 0.3 is 0 Å². The number of rotatable bonds is 6. The van der Waals surface area contributed by atoms with Crippen molar-refractivity contribution in [3.05, 3.63) is 24.3 Å². The predicted molar refractivity (Wildman–Crippen MR) is 110 cm³/mol. The molecule has 1 aromatic carbocycles. The van der Waals surface area contributed by atoms with Gasteiger partial charge in [-0.3, -0.25) is 4.99 Å². The van der Waals surface area contributed by atoms with Crippen molar-refractivity contribution in [2.45, 2.75) is 26.2 Å². The van der Waals surface area contributed by atoms with Crippen LogP contribution in [-0.2, 0) is 0 Å². The Morgan fingerprint density at radius 3 is 2.42 bits per heavy atom. The highest BCUT2D eigenvalue weighted by atomic mass is 127. The molecule has 0 spiro atoms. The van der Waals surface area contributed by atoms with E-state index in [1.807, 2.05) is 31.3 Å². The second kappa shape index (κ2) is 11.4. The maximum Gasteiger partial charge on any atom is 0.193 e. The van der Waals surface area contributed by atoms with Crippen LogP contribution in [0.25, 0.3) is 0 Å². The van der Waals surface area contributed by atoms with Gasteiger partial charge in [0.2, 0.25) is 0 Å². The Morgan fingerprint density at radius 2 is 1.83 bits per heavy atom. The first-order valence-electron chi connectivity index (χ1n) is 8.45. The molecule has 2 rings (SSSR count). The Balaban J connectivity index is 0.00000288. The van der Waals surface area contributed by atoms with E-state index in [0.29, 0.717) is 6.61 Å². The molecule has 24 heavy (non-hydrogen) atoms. The van der Waals surface area contributed by atoms with E-state index < -0.39 is 0 Å². The summed E-state index contributed by atoms with van der Waals surface area (Å²) < 4.78 is 10.9. The van der Waals surface area contributed by atoms with E-state index in [1.165, 1.54) is 12.8 Å². The van der Waals surface area contributed by atoms with E-state index in [9.17, 15) is 0 Å². The molecule has 0 aromatic heterocycles. The van der Waals surface area contributed by atoms with E-state index in [2.05, 4.69) is 22.1 Å². The van der Waals surface area contributed by atoms with Crippen LogP contribution < -0.4 is 14.8 Å². The van der Waals surface area contributed by atoms with Gasteiger partial charge in [0, 0.05) is 26.7 Å². The lowest BCUT2D eigenvalue weighted by atomic mass is 10.00. The molecule has 0 amide bonds. The number of likely N-dealkylation sites (tertiary alicyclic amines) is 1. The molecule has 1 saturated heterocycles. The molecule has 1 N–H and O–H groups in total. The van der Waals surface area contributed by atoms with Crippen LogP contribution in [0.1, 0.15) is 26.2 Å². The molecule has 0 saturated carbocycles. The zero-order valence-electron chi connectivity index (χ0n) is 15.0. The van der Waals surface area contributed by atoms with Gasteiger partial charge < -0.3 is 19.7 Å². The molecule has 1 aliphatic rings. The average Bonchev–Trinajstić information content (AvgIpc) is 2.60. The van der Waals surface area contributed by atoms with E-state index in [4.69, 9.17) is 9.47 Å². The molecule has 1 fully saturated rings. The van der Waals surface area contributed by atoms with E-state index in [1.54, 1.807) is 7.11 Å². The van der Waals surface area contributed by atoms with Crippen molar-refractivity contribution in [2.24, 2.45) is 10.9 Å². The molecule has 0 bridgehead atoms. The maximum absolute atomic E-state index is 5.73. The van der Waals surface area contributed by atoms with E-state index in [-0.39, 0.29) is 24.0 Å². The summed E-state index contributed by atoms with van der Waals surface area (Å²) in [5, 5.41) is 3.43. The topological polar surface area (TPSA) is 46.1 Å². The number of halogens is 1.